The van der Waals surface area contributed by atoms with E-state index in [1.54, 1.807) is 63.5 Å². The van der Waals surface area contributed by atoms with Gasteiger partial charge in [0, 0.05) is 35.6 Å². The highest BCUT2D eigenvalue weighted by molar-refractivity contribution is 6.17. The number of para-hydroxylation sites is 2. The summed E-state index contributed by atoms with van der Waals surface area (Å²) < 4.78 is 6.63. The molecule has 0 aliphatic carbocycles. The molecule has 0 aliphatic heterocycles. The lowest BCUT2D eigenvalue weighted by molar-refractivity contribution is 0.0522. The minimum absolute atomic E-state index is 0.199. The van der Waals surface area contributed by atoms with Gasteiger partial charge >= 0.3 is 6.09 Å². The van der Waals surface area contributed by atoms with Crippen molar-refractivity contribution < 1.29 is 14.3 Å². The Morgan fingerprint density at radius 1 is 0.969 bits per heavy atom. The summed E-state index contributed by atoms with van der Waals surface area (Å²) in [5, 5.41) is 8.27. The van der Waals surface area contributed by atoms with Gasteiger partial charge in [-0.05, 0) is 56.7 Å². The topological polar surface area (TPSA) is 86.1 Å². The molecular weight excluding hydrogens is 404 g/mol. The first kappa shape index (κ1) is 21.2. The zero-order chi connectivity index (χ0) is 22.7. The molecule has 1 N–H and O–H groups in total. The van der Waals surface area contributed by atoms with Gasteiger partial charge in [0.25, 0.3) is 0 Å². The lowest BCUT2D eigenvalue weighted by atomic mass is 10.0. The average Bonchev–Trinajstić information content (AvgIpc) is 3.17. The lowest BCUT2D eigenvalue weighted by Crippen LogP contribution is -2.27. The summed E-state index contributed by atoms with van der Waals surface area (Å²) in [4.78, 5) is 30.3. The molecule has 0 radical (unpaired) electrons. The fourth-order valence-corrected chi connectivity index (χ4v) is 3.34. The number of hydrogen-bond acceptors (Lipinski definition) is 6. The first-order valence-corrected chi connectivity index (χ1v) is 10.3. The molecule has 7 nitrogen and oxygen atoms in total. The number of ether oxygens (including phenoxy) is 1. The third kappa shape index (κ3) is 4.51. The van der Waals surface area contributed by atoms with Crippen LogP contribution in [0.5, 0.6) is 0 Å². The van der Waals surface area contributed by atoms with Crippen LogP contribution in [0.25, 0.3) is 10.9 Å². The van der Waals surface area contributed by atoms with E-state index in [2.05, 4.69) is 15.4 Å². The molecule has 2 aromatic heterocycles. The standard InChI is InChI=1S/C25H24N4O3/c1-25(2,3)32-24(31)29-21-11-7-5-9-19(21)22(28-29)23(30)18-8-4-6-10-20(18)27-16-17-12-14-26-15-13-17/h4-15,27H,16H2,1-3H3. The van der Waals surface area contributed by atoms with Crippen LogP contribution < -0.4 is 5.32 Å². The molecule has 0 aliphatic rings. The molecule has 0 saturated heterocycles. The van der Waals surface area contributed by atoms with Crippen LogP contribution in [0.3, 0.4) is 0 Å². The summed E-state index contributed by atoms with van der Waals surface area (Å²) >= 11 is 0. The largest absolute Gasteiger partial charge is 0.442 e. The molecule has 0 atom stereocenters. The second-order valence-corrected chi connectivity index (χ2v) is 8.34. The molecular formula is C25H24N4O3. The number of pyridine rings is 1. The third-order valence-corrected chi connectivity index (χ3v) is 4.77. The van der Waals surface area contributed by atoms with Gasteiger partial charge in [0.2, 0.25) is 5.78 Å². The van der Waals surface area contributed by atoms with Crippen molar-refractivity contribution in [3.8, 4) is 0 Å². The lowest BCUT2D eigenvalue weighted by Gasteiger charge is -2.19. The van der Waals surface area contributed by atoms with E-state index in [4.69, 9.17) is 4.74 Å². The highest BCUT2D eigenvalue weighted by Gasteiger charge is 2.25. The Hall–Kier alpha value is -4.00. The van der Waals surface area contributed by atoms with Crippen molar-refractivity contribution in [2.75, 3.05) is 5.32 Å². The second kappa shape index (κ2) is 8.63. The van der Waals surface area contributed by atoms with Crippen molar-refractivity contribution in [3.05, 3.63) is 89.9 Å². The van der Waals surface area contributed by atoms with Gasteiger partial charge in [-0.25, -0.2) is 4.79 Å². The van der Waals surface area contributed by atoms with Crippen molar-refractivity contribution in [3.63, 3.8) is 0 Å². The zero-order valence-electron chi connectivity index (χ0n) is 18.2. The van der Waals surface area contributed by atoms with Crippen LogP contribution in [0, 0.1) is 0 Å². The monoisotopic (exact) mass is 428 g/mol. The molecule has 7 heteroatoms. The fraction of sp³-hybridized carbons (Fsp3) is 0.200. The Labute approximate surface area is 186 Å². The fourth-order valence-electron chi connectivity index (χ4n) is 3.34. The summed E-state index contributed by atoms with van der Waals surface area (Å²) in [5.41, 5.74) is 2.24. The van der Waals surface area contributed by atoms with Crippen LogP contribution in [0.4, 0.5) is 10.5 Å². The molecule has 2 aromatic carbocycles. The van der Waals surface area contributed by atoms with Crippen molar-refractivity contribution >= 4 is 28.5 Å². The van der Waals surface area contributed by atoms with Crippen LogP contribution in [-0.2, 0) is 11.3 Å². The number of nitrogens with one attached hydrogen (secondary N) is 1. The van der Waals surface area contributed by atoms with Gasteiger partial charge in [-0.3, -0.25) is 9.78 Å². The highest BCUT2D eigenvalue weighted by atomic mass is 16.6. The van der Waals surface area contributed by atoms with Crippen LogP contribution in [-0.4, -0.2) is 32.2 Å². The van der Waals surface area contributed by atoms with Crippen molar-refractivity contribution in [1.82, 2.24) is 14.8 Å². The molecule has 0 amide bonds. The molecule has 162 valence electrons. The SMILES string of the molecule is CC(C)(C)OC(=O)n1nc(C(=O)c2ccccc2NCc2ccncc2)c2ccccc21. The van der Waals surface area contributed by atoms with Gasteiger partial charge < -0.3 is 10.1 Å². The summed E-state index contributed by atoms with van der Waals surface area (Å²) in [6.45, 7) is 5.90. The summed E-state index contributed by atoms with van der Waals surface area (Å²) in [6, 6.07) is 18.2. The molecule has 32 heavy (non-hydrogen) atoms. The summed E-state index contributed by atoms with van der Waals surface area (Å²) in [5.74, 6) is -0.277. The van der Waals surface area contributed by atoms with Gasteiger partial charge in [-0.15, -0.1) is 0 Å². The number of aromatic nitrogens is 3. The number of hydrogen-bond donors (Lipinski definition) is 1. The predicted octanol–water partition coefficient (Wildman–Crippen LogP) is 5.06. The van der Waals surface area contributed by atoms with E-state index in [0.717, 1.165) is 10.2 Å². The molecule has 0 spiro atoms. The maximum absolute atomic E-state index is 13.5. The van der Waals surface area contributed by atoms with Gasteiger partial charge in [0.15, 0.2) is 0 Å². The number of fused-ring (bicyclic) bond motifs is 1. The van der Waals surface area contributed by atoms with E-state index >= 15 is 0 Å². The zero-order valence-corrected chi connectivity index (χ0v) is 18.2. The predicted molar refractivity (Wildman–Crippen MR) is 123 cm³/mol. The Bertz CT molecular complexity index is 1270. The van der Waals surface area contributed by atoms with E-state index in [1.807, 2.05) is 30.3 Å². The highest BCUT2D eigenvalue weighted by Crippen LogP contribution is 2.25. The van der Waals surface area contributed by atoms with Crippen molar-refractivity contribution in [2.45, 2.75) is 32.9 Å². The maximum atomic E-state index is 13.5. The number of carbonyl (C=O) groups is 2. The normalized spacial score (nSPS) is 11.3. The minimum atomic E-state index is -0.683. The maximum Gasteiger partial charge on any atom is 0.435 e. The number of benzene rings is 2. The number of rotatable bonds is 5. The molecule has 2 heterocycles. The summed E-state index contributed by atoms with van der Waals surface area (Å²) in [6.07, 6.45) is 2.82. The van der Waals surface area contributed by atoms with Crippen LogP contribution in [0.15, 0.2) is 73.1 Å². The molecule has 4 aromatic rings. The molecule has 0 bridgehead atoms. The molecule has 0 unspecified atom stereocenters. The van der Waals surface area contributed by atoms with E-state index in [-0.39, 0.29) is 11.5 Å². The molecule has 0 saturated carbocycles. The van der Waals surface area contributed by atoms with Crippen LogP contribution in [0.1, 0.15) is 42.4 Å². The number of nitrogens with zero attached hydrogens (tertiary/aromatic N) is 3. The Morgan fingerprint density at radius 3 is 2.41 bits per heavy atom. The van der Waals surface area contributed by atoms with Gasteiger partial charge in [0.05, 0.1) is 5.52 Å². The number of ketones is 1. The molecule has 0 fully saturated rings. The Balaban J connectivity index is 1.70. The van der Waals surface area contributed by atoms with Gasteiger partial charge in [-0.1, -0.05) is 30.3 Å². The average molecular weight is 428 g/mol. The first-order valence-electron chi connectivity index (χ1n) is 10.3. The van der Waals surface area contributed by atoms with Gasteiger partial charge in [0.1, 0.15) is 11.3 Å². The molecule has 4 rings (SSSR count). The summed E-state index contributed by atoms with van der Waals surface area (Å²) in [7, 11) is 0. The Morgan fingerprint density at radius 2 is 1.66 bits per heavy atom. The first-order chi connectivity index (χ1) is 15.3. The third-order valence-electron chi connectivity index (χ3n) is 4.77. The van der Waals surface area contributed by atoms with Crippen molar-refractivity contribution in [2.24, 2.45) is 0 Å². The van der Waals surface area contributed by atoms with Gasteiger partial charge in [-0.2, -0.15) is 9.78 Å². The van der Waals surface area contributed by atoms with E-state index in [1.165, 1.54) is 0 Å². The smallest absolute Gasteiger partial charge is 0.435 e. The minimum Gasteiger partial charge on any atom is -0.442 e. The quantitative estimate of drug-likeness (QED) is 0.447. The van der Waals surface area contributed by atoms with E-state index in [9.17, 15) is 9.59 Å². The number of carbonyl (C=O) groups excluding carboxylic acids is 2. The Kier molecular flexibility index (Phi) is 5.73. The number of anilines is 1. The van der Waals surface area contributed by atoms with Crippen molar-refractivity contribution in [1.29, 1.82) is 0 Å². The second-order valence-electron chi connectivity index (χ2n) is 8.34. The van der Waals surface area contributed by atoms with E-state index in [0.29, 0.717) is 28.7 Å². The van der Waals surface area contributed by atoms with Crippen LogP contribution >= 0.6 is 0 Å². The van der Waals surface area contributed by atoms with Crippen LogP contribution in [0.2, 0.25) is 0 Å². The van der Waals surface area contributed by atoms with E-state index < -0.39 is 11.7 Å².